The molecule has 5 heteroatoms. The second-order valence-corrected chi connectivity index (χ2v) is 4.41. The lowest BCUT2D eigenvalue weighted by molar-refractivity contribution is 0.0563. The fourth-order valence-corrected chi connectivity index (χ4v) is 1.43. The fraction of sp³-hybridized carbons (Fsp3) is 0.615. The van der Waals surface area contributed by atoms with Crippen LogP contribution in [0.1, 0.15) is 30.0 Å². The predicted octanol–water partition coefficient (Wildman–Crippen LogP) is 1.83. The number of methoxy groups -OCH3 is 1. The van der Waals surface area contributed by atoms with Crippen molar-refractivity contribution in [3.05, 3.63) is 23.7 Å². The lowest BCUT2D eigenvalue weighted by Gasteiger charge is -2.07. The highest BCUT2D eigenvalue weighted by molar-refractivity contribution is 5.87. The van der Waals surface area contributed by atoms with Gasteiger partial charge in [-0.2, -0.15) is 0 Å². The van der Waals surface area contributed by atoms with Gasteiger partial charge in [0.2, 0.25) is 5.76 Å². The topological polar surface area (TPSA) is 60.7 Å². The van der Waals surface area contributed by atoms with Gasteiger partial charge in [-0.05, 0) is 12.0 Å². The summed E-state index contributed by atoms with van der Waals surface area (Å²) in [6.45, 7) is 6.94. The summed E-state index contributed by atoms with van der Waals surface area (Å²) in [5, 5.41) is 3.19. The second kappa shape index (κ2) is 7.89. The Morgan fingerprint density at radius 2 is 2.28 bits per heavy atom. The molecular formula is C13H21NO4. The van der Waals surface area contributed by atoms with Crippen molar-refractivity contribution in [2.45, 2.75) is 20.4 Å². The van der Waals surface area contributed by atoms with Crippen LogP contribution in [0.2, 0.25) is 0 Å². The highest BCUT2D eigenvalue weighted by atomic mass is 16.5. The van der Waals surface area contributed by atoms with Gasteiger partial charge in [0.25, 0.3) is 0 Å². The summed E-state index contributed by atoms with van der Waals surface area (Å²) in [6, 6.07) is 1.76. The SMILES string of the molecule is COC(=O)c1occc1CNCCOCC(C)C. The second-order valence-electron chi connectivity index (χ2n) is 4.41. The Balaban J connectivity index is 2.23. The molecule has 0 bridgehead atoms. The van der Waals surface area contributed by atoms with Crippen molar-refractivity contribution in [2.75, 3.05) is 26.9 Å². The molecule has 0 atom stereocenters. The van der Waals surface area contributed by atoms with E-state index in [1.165, 1.54) is 13.4 Å². The summed E-state index contributed by atoms with van der Waals surface area (Å²) in [6.07, 6.45) is 1.48. The number of nitrogens with one attached hydrogen (secondary N) is 1. The van der Waals surface area contributed by atoms with Crippen molar-refractivity contribution in [3.63, 3.8) is 0 Å². The Hall–Kier alpha value is -1.33. The quantitative estimate of drug-likeness (QED) is 0.567. The molecule has 18 heavy (non-hydrogen) atoms. The van der Waals surface area contributed by atoms with Gasteiger partial charge in [-0.15, -0.1) is 0 Å². The maximum atomic E-state index is 11.3. The zero-order valence-corrected chi connectivity index (χ0v) is 11.2. The number of furan rings is 1. The summed E-state index contributed by atoms with van der Waals surface area (Å²) in [5.74, 6) is 0.353. The van der Waals surface area contributed by atoms with Gasteiger partial charge in [-0.3, -0.25) is 0 Å². The van der Waals surface area contributed by atoms with E-state index in [2.05, 4.69) is 23.9 Å². The van der Waals surface area contributed by atoms with Gasteiger partial charge >= 0.3 is 5.97 Å². The van der Waals surface area contributed by atoms with Gasteiger partial charge in [0.15, 0.2) is 0 Å². The zero-order valence-electron chi connectivity index (χ0n) is 11.2. The Morgan fingerprint density at radius 3 is 2.94 bits per heavy atom. The van der Waals surface area contributed by atoms with Crippen LogP contribution in [0.15, 0.2) is 16.7 Å². The maximum absolute atomic E-state index is 11.3. The number of ether oxygens (including phenoxy) is 2. The van der Waals surface area contributed by atoms with E-state index >= 15 is 0 Å². The van der Waals surface area contributed by atoms with E-state index < -0.39 is 5.97 Å². The molecule has 1 aromatic heterocycles. The molecule has 1 rings (SSSR count). The first kappa shape index (κ1) is 14.7. The van der Waals surface area contributed by atoms with Crippen LogP contribution in [0, 0.1) is 5.92 Å². The molecule has 0 aliphatic rings. The molecule has 0 spiro atoms. The van der Waals surface area contributed by atoms with E-state index in [0.717, 1.165) is 18.7 Å². The number of esters is 1. The van der Waals surface area contributed by atoms with E-state index in [4.69, 9.17) is 9.15 Å². The van der Waals surface area contributed by atoms with Gasteiger partial charge in [0.1, 0.15) is 0 Å². The molecule has 102 valence electrons. The minimum Gasteiger partial charge on any atom is -0.463 e. The molecule has 0 aromatic carbocycles. The van der Waals surface area contributed by atoms with E-state index in [-0.39, 0.29) is 5.76 Å². The minimum absolute atomic E-state index is 0.257. The van der Waals surface area contributed by atoms with Gasteiger partial charge in [-0.1, -0.05) is 13.8 Å². The van der Waals surface area contributed by atoms with Crippen molar-refractivity contribution in [2.24, 2.45) is 5.92 Å². The molecule has 1 aromatic rings. The molecular weight excluding hydrogens is 234 g/mol. The third-order valence-electron chi connectivity index (χ3n) is 2.31. The average molecular weight is 255 g/mol. The van der Waals surface area contributed by atoms with Crippen LogP contribution in [-0.4, -0.2) is 32.8 Å². The molecule has 0 saturated carbocycles. The summed E-state index contributed by atoms with van der Waals surface area (Å²) in [7, 11) is 1.34. The van der Waals surface area contributed by atoms with Gasteiger partial charge in [0, 0.05) is 25.3 Å². The van der Waals surface area contributed by atoms with Gasteiger partial charge < -0.3 is 19.2 Å². The molecule has 1 heterocycles. The molecule has 0 radical (unpaired) electrons. The Bertz CT molecular complexity index is 360. The Labute approximate surface area is 107 Å². The largest absolute Gasteiger partial charge is 0.463 e. The summed E-state index contributed by atoms with van der Waals surface area (Å²) < 4.78 is 15.1. The van der Waals surface area contributed by atoms with E-state index in [9.17, 15) is 4.79 Å². The van der Waals surface area contributed by atoms with Crippen LogP contribution < -0.4 is 5.32 Å². The van der Waals surface area contributed by atoms with Crippen molar-refractivity contribution in [1.29, 1.82) is 0 Å². The summed E-state index contributed by atoms with van der Waals surface area (Å²) in [4.78, 5) is 11.3. The van der Waals surface area contributed by atoms with Gasteiger partial charge in [0.05, 0.1) is 20.0 Å². The number of hydrogen-bond acceptors (Lipinski definition) is 5. The lowest BCUT2D eigenvalue weighted by Crippen LogP contribution is -2.21. The number of carbonyl (C=O) groups excluding carboxylic acids is 1. The normalized spacial score (nSPS) is 10.9. The van der Waals surface area contributed by atoms with E-state index in [1.807, 2.05) is 0 Å². The van der Waals surface area contributed by atoms with Crippen molar-refractivity contribution >= 4 is 5.97 Å². The highest BCUT2D eigenvalue weighted by Crippen LogP contribution is 2.11. The molecule has 1 N–H and O–H groups in total. The molecule has 0 aliphatic carbocycles. The van der Waals surface area contributed by atoms with Gasteiger partial charge in [-0.25, -0.2) is 4.79 Å². The van der Waals surface area contributed by atoms with Crippen molar-refractivity contribution < 1.29 is 18.7 Å². The number of carbonyl (C=O) groups is 1. The molecule has 0 amide bonds. The Kier molecular flexibility index (Phi) is 6.46. The van der Waals surface area contributed by atoms with Crippen LogP contribution in [0.25, 0.3) is 0 Å². The first-order valence-corrected chi connectivity index (χ1v) is 6.08. The van der Waals surface area contributed by atoms with Crippen molar-refractivity contribution in [3.8, 4) is 0 Å². The van der Waals surface area contributed by atoms with Crippen LogP contribution >= 0.6 is 0 Å². The highest BCUT2D eigenvalue weighted by Gasteiger charge is 2.14. The smallest absolute Gasteiger partial charge is 0.374 e. The summed E-state index contributed by atoms with van der Waals surface area (Å²) >= 11 is 0. The average Bonchev–Trinajstić information content (AvgIpc) is 2.80. The maximum Gasteiger partial charge on any atom is 0.374 e. The minimum atomic E-state index is -0.451. The standard InChI is InChI=1S/C13H21NO4/c1-10(2)9-17-7-5-14-8-11-4-6-18-12(11)13(15)16-3/h4,6,10,14H,5,7-9H2,1-3H3. The van der Waals surface area contributed by atoms with Crippen LogP contribution in [0.4, 0.5) is 0 Å². The van der Waals surface area contributed by atoms with Crippen LogP contribution in [0.3, 0.4) is 0 Å². The molecule has 0 fully saturated rings. The molecule has 5 nitrogen and oxygen atoms in total. The van der Waals surface area contributed by atoms with Crippen LogP contribution in [0.5, 0.6) is 0 Å². The Morgan fingerprint density at radius 1 is 1.50 bits per heavy atom. The van der Waals surface area contributed by atoms with E-state index in [1.54, 1.807) is 6.07 Å². The molecule has 0 saturated heterocycles. The van der Waals surface area contributed by atoms with Crippen LogP contribution in [-0.2, 0) is 16.0 Å². The summed E-state index contributed by atoms with van der Waals surface area (Å²) in [5.41, 5.74) is 0.797. The first-order valence-electron chi connectivity index (χ1n) is 6.08. The first-order chi connectivity index (χ1) is 8.65. The zero-order chi connectivity index (χ0) is 13.4. The number of hydrogen-bond donors (Lipinski definition) is 1. The van der Waals surface area contributed by atoms with E-state index in [0.29, 0.717) is 19.1 Å². The molecule has 0 aliphatic heterocycles. The fourth-order valence-electron chi connectivity index (χ4n) is 1.43. The monoisotopic (exact) mass is 255 g/mol. The number of rotatable bonds is 8. The molecule has 0 unspecified atom stereocenters. The predicted molar refractivity (Wildman–Crippen MR) is 67.4 cm³/mol. The van der Waals surface area contributed by atoms with Crippen molar-refractivity contribution in [1.82, 2.24) is 5.32 Å². The third kappa shape index (κ3) is 4.89. The third-order valence-corrected chi connectivity index (χ3v) is 2.31. The lowest BCUT2D eigenvalue weighted by atomic mass is 10.2.